The van der Waals surface area contributed by atoms with Gasteiger partial charge in [-0.3, -0.25) is 0 Å². The maximum absolute atomic E-state index is 12.9. The number of hydrogen-bond donors (Lipinski definition) is 1. The Kier molecular flexibility index (Phi) is 4.96. The quantitative estimate of drug-likeness (QED) is 0.496. The van der Waals surface area contributed by atoms with Crippen molar-refractivity contribution < 1.29 is 13.2 Å². The number of aromatic nitrogens is 2. The molecule has 0 aliphatic carbocycles. The van der Waals surface area contributed by atoms with Crippen molar-refractivity contribution in [2.75, 3.05) is 5.32 Å². The van der Waals surface area contributed by atoms with E-state index in [1.807, 2.05) is 24.3 Å². The van der Waals surface area contributed by atoms with E-state index in [2.05, 4.69) is 31.2 Å². The van der Waals surface area contributed by atoms with Gasteiger partial charge in [0.15, 0.2) is 5.82 Å². The molecule has 3 rings (SSSR count). The monoisotopic (exact) mass is 427 g/mol. The molecule has 1 heterocycles. The Hall–Kier alpha value is -2.12. The second-order valence-corrected chi connectivity index (χ2v) is 6.32. The summed E-state index contributed by atoms with van der Waals surface area (Å²) >= 11 is 9.41. The molecule has 0 radical (unpaired) electrons. The highest BCUT2D eigenvalue weighted by Crippen LogP contribution is 2.32. The van der Waals surface area contributed by atoms with Crippen LogP contribution in [0.3, 0.4) is 0 Å². The SMILES string of the molecule is FC(F)(F)c1cccc(-c2nc(Cl)cc(Nc3ccccc3Br)n2)c1. The van der Waals surface area contributed by atoms with Crippen molar-refractivity contribution >= 4 is 39.0 Å². The van der Waals surface area contributed by atoms with E-state index >= 15 is 0 Å². The Bertz CT molecular complexity index is 916. The lowest BCUT2D eigenvalue weighted by Crippen LogP contribution is -2.05. The third kappa shape index (κ3) is 4.29. The van der Waals surface area contributed by atoms with Gasteiger partial charge in [-0.25, -0.2) is 9.97 Å². The van der Waals surface area contributed by atoms with Crippen molar-refractivity contribution in [3.05, 3.63) is 69.8 Å². The summed E-state index contributed by atoms with van der Waals surface area (Å²) in [5, 5.41) is 3.19. The zero-order chi connectivity index (χ0) is 18.0. The predicted molar refractivity (Wildman–Crippen MR) is 94.9 cm³/mol. The molecule has 0 bridgehead atoms. The summed E-state index contributed by atoms with van der Waals surface area (Å²) in [6.07, 6.45) is -4.44. The van der Waals surface area contributed by atoms with Gasteiger partial charge >= 0.3 is 6.18 Å². The minimum atomic E-state index is -4.44. The van der Waals surface area contributed by atoms with E-state index in [0.29, 0.717) is 5.82 Å². The predicted octanol–water partition coefficient (Wildman–Crippen LogP) is 6.32. The van der Waals surface area contributed by atoms with Gasteiger partial charge in [-0.2, -0.15) is 13.2 Å². The third-order valence-corrected chi connectivity index (χ3v) is 4.16. The molecule has 8 heteroatoms. The number of halogens is 5. The number of rotatable bonds is 3. The van der Waals surface area contributed by atoms with E-state index in [4.69, 9.17) is 11.6 Å². The number of para-hydroxylation sites is 1. The molecule has 0 unspecified atom stereocenters. The maximum Gasteiger partial charge on any atom is 0.416 e. The van der Waals surface area contributed by atoms with Gasteiger partial charge in [0.05, 0.1) is 11.3 Å². The molecule has 1 aromatic heterocycles. The molecule has 3 aromatic rings. The fraction of sp³-hybridized carbons (Fsp3) is 0.0588. The summed E-state index contributed by atoms with van der Waals surface area (Å²) in [5.74, 6) is 0.479. The summed E-state index contributed by atoms with van der Waals surface area (Å²) in [6, 6.07) is 13.7. The first-order chi connectivity index (χ1) is 11.8. The second-order valence-electron chi connectivity index (χ2n) is 5.08. The van der Waals surface area contributed by atoms with Crippen molar-refractivity contribution in [3.63, 3.8) is 0 Å². The molecule has 0 amide bonds. The number of alkyl halides is 3. The van der Waals surface area contributed by atoms with Crippen LogP contribution in [-0.4, -0.2) is 9.97 Å². The van der Waals surface area contributed by atoms with Crippen LogP contribution in [0.15, 0.2) is 59.1 Å². The first-order valence-corrected chi connectivity index (χ1v) is 8.24. The molecule has 0 atom stereocenters. The molecule has 0 saturated heterocycles. The molecule has 0 aliphatic heterocycles. The van der Waals surface area contributed by atoms with Crippen LogP contribution in [0.4, 0.5) is 24.7 Å². The normalized spacial score (nSPS) is 11.4. The van der Waals surface area contributed by atoms with Crippen molar-refractivity contribution in [3.8, 4) is 11.4 Å². The minimum absolute atomic E-state index is 0.105. The van der Waals surface area contributed by atoms with E-state index in [0.717, 1.165) is 22.3 Å². The van der Waals surface area contributed by atoms with Crippen LogP contribution in [0.2, 0.25) is 5.15 Å². The summed E-state index contributed by atoms with van der Waals surface area (Å²) in [6.45, 7) is 0. The molecule has 2 aromatic carbocycles. The van der Waals surface area contributed by atoms with E-state index in [-0.39, 0.29) is 16.5 Å². The van der Waals surface area contributed by atoms with Crippen molar-refractivity contribution in [1.29, 1.82) is 0 Å². The number of benzene rings is 2. The Labute approximate surface area is 155 Å². The molecule has 1 N–H and O–H groups in total. The van der Waals surface area contributed by atoms with Crippen LogP contribution in [-0.2, 0) is 6.18 Å². The number of nitrogens with zero attached hydrogens (tertiary/aromatic N) is 2. The third-order valence-electron chi connectivity index (χ3n) is 3.28. The van der Waals surface area contributed by atoms with Crippen LogP contribution < -0.4 is 5.32 Å². The van der Waals surface area contributed by atoms with Crippen molar-refractivity contribution in [1.82, 2.24) is 9.97 Å². The summed E-state index contributed by atoms with van der Waals surface area (Å²) in [4.78, 5) is 8.30. The largest absolute Gasteiger partial charge is 0.416 e. The number of hydrogen-bond acceptors (Lipinski definition) is 3. The topological polar surface area (TPSA) is 37.8 Å². The number of nitrogens with one attached hydrogen (secondary N) is 1. The summed E-state index contributed by atoms with van der Waals surface area (Å²) in [5.41, 5.74) is 0.202. The van der Waals surface area contributed by atoms with E-state index < -0.39 is 11.7 Å². The van der Waals surface area contributed by atoms with Crippen molar-refractivity contribution in [2.24, 2.45) is 0 Å². The smallest absolute Gasteiger partial charge is 0.339 e. The molecule has 0 spiro atoms. The molecule has 0 aliphatic rings. The van der Waals surface area contributed by atoms with Crippen LogP contribution in [0.5, 0.6) is 0 Å². The first-order valence-electron chi connectivity index (χ1n) is 7.07. The van der Waals surface area contributed by atoms with Crippen LogP contribution in [0.1, 0.15) is 5.56 Å². The number of anilines is 2. The van der Waals surface area contributed by atoms with Gasteiger partial charge in [0.25, 0.3) is 0 Å². The molecular weight excluding hydrogens is 419 g/mol. The van der Waals surface area contributed by atoms with Crippen LogP contribution >= 0.6 is 27.5 Å². The first kappa shape index (κ1) is 17.7. The average molecular weight is 429 g/mol. The summed E-state index contributed by atoms with van der Waals surface area (Å²) in [7, 11) is 0. The summed E-state index contributed by atoms with van der Waals surface area (Å²) < 4.78 is 39.5. The molecule has 3 nitrogen and oxygen atoms in total. The highest BCUT2D eigenvalue weighted by atomic mass is 79.9. The lowest BCUT2D eigenvalue weighted by molar-refractivity contribution is -0.137. The van der Waals surface area contributed by atoms with Gasteiger partial charge in [-0.05, 0) is 40.2 Å². The van der Waals surface area contributed by atoms with Gasteiger partial charge in [0.2, 0.25) is 0 Å². The lowest BCUT2D eigenvalue weighted by Gasteiger charge is -2.11. The molecule has 0 saturated carbocycles. The minimum Gasteiger partial charge on any atom is -0.339 e. The van der Waals surface area contributed by atoms with Crippen LogP contribution in [0.25, 0.3) is 11.4 Å². The Morgan fingerprint density at radius 1 is 0.960 bits per heavy atom. The van der Waals surface area contributed by atoms with Crippen molar-refractivity contribution in [2.45, 2.75) is 6.18 Å². The average Bonchev–Trinajstić information content (AvgIpc) is 2.56. The lowest BCUT2D eigenvalue weighted by atomic mass is 10.1. The Morgan fingerprint density at radius 3 is 2.44 bits per heavy atom. The zero-order valence-electron chi connectivity index (χ0n) is 12.5. The molecule has 0 fully saturated rings. The fourth-order valence-electron chi connectivity index (χ4n) is 2.15. The molecule has 25 heavy (non-hydrogen) atoms. The van der Waals surface area contributed by atoms with E-state index in [1.165, 1.54) is 18.2 Å². The van der Waals surface area contributed by atoms with Gasteiger partial charge in [0.1, 0.15) is 11.0 Å². The van der Waals surface area contributed by atoms with Gasteiger partial charge in [-0.15, -0.1) is 0 Å². The molecule has 128 valence electrons. The Balaban J connectivity index is 1.99. The fourth-order valence-corrected chi connectivity index (χ4v) is 2.71. The van der Waals surface area contributed by atoms with Gasteiger partial charge < -0.3 is 5.32 Å². The zero-order valence-corrected chi connectivity index (χ0v) is 14.8. The highest BCUT2D eigenvalue weighted by molar-refractivity contribution is 9.10. The van der Waals surface area contributed by atoms with E-state index in [1.54, 1.807) is 0 Å². The van der Waals surface area contributed by atoms with Crippen LogP contribution in [0, 0.1) is 0 Å². The van der Waals surface area contributed by atoms with Gasteiger partial charge in [0, 0.05) is 16.1 Å². The highest BCUT2D eigenvalue weighted by Gasteiger charge is 2.30. The standard InChI is InChI=1S/C17H10BrClF3N3/c18-12-6-1-2-7-13(12)23-15-9-14(19)24-16(25-15)10-4-3-5-11(8-10)17(20,21)22/h1-9H,(H,23,24,25). The Morgan fingerprint density at radius 2 is 1.72 bits per heavy atom. The van der Waals surface area contributed by atoms with E-state index in [9.17, 15) is 13.2 Å². The van der Waals surface area contributed by atoms with Gasteiger partial charge in [-0.1, -0.05) is 35.9 Å². The maximum atomic E-state index is 12.9. The molecular formula is C17H10BrClF3N3. The second kappa shape index (κ2) is 7.01.